The van der Waals surface area contributed by atoms with Crippen molar-refractivity contribution in [3.8, 4) is 11.5 Å². The molecule has 1 aliphatic heterocycles. The van der Waals surface area contributed by atoms with Crippen LogP contribution in [0, 0.1) is 0 Å². The van der Waals surface area contributed by atoms with Gasteiger partial charge in [0.25, 0.3) is 11.8 Å². The van der Waals surface area contributed by atoms with E-state index in [0.29, 0.717) is 31.6 Å². The van der Waals surface area contributed by atoms with Crippen LogP contribution in [0.2, 0.25) is 0 Å². The minimum absolute atomic E-state index is 0.105. The highest BCUT2D eigenvalue weighted by molar-refractivity contribution is 5.59. The molecule has 1 aliphatic rings. The van der Waals surface area contributed by atoms with Crippen molar-refractivity contribution in [2.45, 2.75) is 0 Å². The number of nitrogens with one attached hydrogen (secondary N) is 1. The molecule has 2 N–H and O–H groups in total. The molecule has 0 bridgehead atoms. The van der Waals surface area contributed by atoms with E-state index in [1.807, 2.05) is 29.2 Å². The van der Waals surface area contributed by atoms with E-state index in [1.165, 1.54) is 0 Å². The number of aliphatic hydroxyl groups excluding tert-OH is 1. The number of aliphatic hydroxyl groups is 1. The van der Waals surface area contributed by atoms with Crippen LogP contribution in [0.3, 0.4) is 0 Å². The predicted octanol–water partition coefficient (Wildman–Crippen LogP) is 0.977. The molecule has 0 unspecified atom stereocenters. The Morgan fingerprint density at radius 1 is 1.19 bits per heavy atom. The number of aromatic nitrogens is 2. The highest BCUT2D eigenvalue weighted by Crippen LogP contribution is 2.22. The second-order valence-corrected chi connectivity index (χ2v) is 4.73. The third-order valence-electron chi connectivity index (χ3n) is 3.28. The van der Waals surface area contributed by atoms with Gasteiger partial charge in [0.1, 0.15) is 0 Å². The molecule has 1 aromatic carbocycles. The summed E-state index contributed by atoms with van der Waals surface area (Å²) in [6.45, 7) is 3.57. The summed E-state index contributed by atoms with van der Waals surface area (Å²) < 4.78 is 10.6. The molecule has 7 nitrogen and oxygen atoms in total. The molecule has 2 heterocycles. The summed E-state index contributed by atoms with van der Waals surface area (Å²) >= 11 is 0. The molecule has 112 valence electrons. The lowest BCUT2D eigenvalue weighted by molar-refractivity contribution is 0.121. The zero-order chi connectivity index (χ0) is 14.5. The van der Waals surface area contributed by atoms with Crippen LogP contribution in [0.15, 0.2) is 28.8 Å². The second kappa shape index (κ2) is 6.55. The Morgan fingerprint density at radius 3 is 2.67 bits per heavy atom. The standard InChI is InChI=1S/C14H18N4O3/c19-8-5-15-12-3-1-11(2-4-12)13-16-14(17-21-13)18-6-9-20-10-7-18/h1-4,15,19H,5-10H2. The van der Waals surface area contributed by atoms with Crippen molar-refractivity contribution in [2.24, 2.45) is 0 Å². The molecule has 7 heteroatoms. The van der Waals surface area contributed by atoms with Gasteiger partial charge in [-0.1, -0.05) is 0 Å². The minimum Gasteiger partial charge on any atom is -0.395 e. The van der Waals surface area contributed by atoms with Gasteiger partial charge in [-0.2, -0.15) is 4.98 Å². The quantitative estimate of drug-likeness (QED) is 0.849. The Kier molecular flexibility index (Phi) is 4.32. The molecule has 21 heavy (non-hydrogen) atoms. The van der Waals surface area contributed by atoms with Crippen molar-refractivity contribution in [1.29, 1.82) is 0 Å². The third-order valence-corrected chi connectivity index (χ3v) is 3.28. The third kappa shape index (κ3) is 3.32. The summed E-state index contributed by atoms with van der Waals surface area (Å²) in [5.74, 6) is 1.11. The maximum atomic E-state index is 8.78. The zero-order valence-electron chi connectivity index (χ0n) is 11.7. The van der Waals surface area contributed by atoms with E-state index >= 15 is 0 Å². The number of rotatable bonds is 5. The number of ether oxygens (including phenoxy) is 1. The molecule has 1 fully saturated rings. The van der Waals surface area contributed by atoms with E-state index in [-0.39, 0.29) is 6.61 Å². The van der Waals surface area contributed by atoms with Crippen LogP contribution in [-0.4, -0.2) is 54.7 Å². The van der Waals surface area contributed by atoms with E-state index in [2.05, 4.69) is 15.5 Å². The topological polar surface area (TPSA) is 83.7 Å². The number of hydrogen-bond acceptors (Lipinski definition) is 7. The highest BCUT2D eigenvalue weighted by Gasteiger charge is 2.17. The van der Waals surface area contributed by atoms with Crippen LogP contribution in [0.4, 0.5) is 11.6 Å². The first-order valence-electron chi connectivity index (χ1n) is 6.98. The Bertz CT molecular complexity index is 564. The van der Waals surface area contributed by atoms with Crippen molar-refractivity contribution in [3.63, 3.8) is 0 Å². The number of anilines is 2. The van der Waals surface area contributed by atoms with E-state index in [9.17, 15) is 0 Å². The molecule has 1 aromatic heterocycles. The molecule has 0 amide bonds. The van der Waals surface area contributed by atoms with Gasteiger partial charge in [0, 0.05) is 30.9 Å². The fourth-order valence-electron chi connectivity index (χ4n) is 2.16. The van der Waals surface area contributed by atoms with Gasteiger partial charge in [-0.05, 0) is 29.4 Å². The fourth-order valence-corrected chi connectivity index (χ4v) is 2.16. The summed E-state index contributed by atoms with van der Waals surface area (Å²) in [6.07, 6.45) is 0. The molecular weight excluding hydrogens is 272 g/mol. The Morgan fingerprint density at radius 2 is 1.95 bits per heavy atom. The Balaban J connectivity index is 1.70. The van der Waals surface area contributed by atoms with Crippen LogP contribution >= 0.6 is 0 Å². The van der Waals surface area contributed by atoms with Gasteiger partial charge in [-0.25, -0.2) is 0 Å². The van der Waals surface area contributed by atoms with E-state index in [1.54, 1.807) is 0 Å². The molecule has 0 spiro atoms. The van der Waals surface area contributed by atoms with E-state index < -0.39 is 0 Å². The summed E-state index contributed by atoms with van der Waals surface area (Å²) in [4.78, 5) is 6.48. The Labute approximate surface area is 122 Å². The Hall–Kier alpha value is -2.12. The van der Waals surface area contributed by atoms with Gasteiger partial charge < -0.3 is 24.6 Å². The lowest BCUT2D eigenvalue weighted by Gasteiger charge is -2.24. The first kappa shape index (κ1) is 13.8. The SMILES string of the molecule is OCCNc1ccc(-c2nc(N3CCOCC3)no2)cc1. The minimum atomic E-state index is 0.105. The molecule has 0 radical (unpaired) electrons. The zero-order valence-corrected chi connectivity index (χ0v) is 11.7. The largest absolute Gasteiger partial charge is 0.395 e. The van der Waals surface area contributed by atoms with Crippen LogP contribution < -0.4 is 10.2 Å². The fraction of sp³-hybridized carbons (Fsp3) is 0.429. The predicted molar refractivity (Wildman–Crippen MR) is 78.3 cm³/mol. The van der Waals surface area contributed by atoms with E-state index in [0.717, 1.165) is 24.3 Å². The van der Waals surface area contributed by atoms with Crippen molar-refractivity contribution < 1.29 is 14.4 Å². The molecule has 2 aromatic rings. The number of morpholine rings is 1. The van der Waals surface area contributed by atoms with Crippen LogP contribution in [0.25, 0.3) is 11.5 Å². The van der Waals surface area contributed by atoms with Gasteiger partial charge in [0.05, 0.1) is 19.8 Å². The summed E-state index contributed by atoms with van der Waals surface area (Å²) in [6, 6.07) is 7.67. The number of hydrogen-bond donors (Lipinski definition) is 2. The smallest absolute Gasteiger partial charge is 0.266 e. The van der Waals surface area contributed by atoms with Gasteiger partial charge >= 0.3 is 0 Å². The molecule has 0 atom stereocenters. The van der Waals surface area contributed by atoms with Crippen molar-refractivity contribution in [3.05, 3.63) is 24.3 Å². The summed E-state index contributed by atoms with van der Waals surface area (Å²) in [5, 5.41) is 15.9. The van der Waals surface area contributed by atoms with Gasteiger partial charge in [0.15, 0.2) is 0 Å². The normalized spacial score (nSPS) is 15.2. The summed E-state index contributed by atoms with van der Waals surface area (Å²) in [7, 11) is 0. The first-order chi connectivity index (χ1) is 10.4. The van der Waals surface area contributed by atoms with Crippen molar-refractivity contribution in [1.82, 2.24) is 10.1 Å². The molecule has 0 saturated carbocycles. The maximum Gasteiger partial charge on any atom is 0.266 e. The van der Waals surface area contributed by atoms with Crippen LogP contribution in [-0.2, 0) is 4.74 Å². The molecule has 0 aliphatic carbocycles. The number of nitrogens with zero attached hydrogens (tertiary/aromatic N) is 3. The lowest BCUT2D eigenvalue weighted by atomic mass is 10.2. The average Bonchev–Trinajstić information content (AvgIpc) is 3.04. The average molecular weight is 290 g/mol. The van der Waals surface area contributed by atoms with Crippen molar-refractivity contribution >= 4 is 11.6 Å². The molecule has 3 rings (SSSR count). The monoisotopic (exact) mass is 290 g/mol. The second-order valence-electron chi connectivity index (χ2n) is 4.73. The maximum absolute atomic E-state index is 8.78. The first-order valence-corrected chi connectivity index (χ1v) is 6.98. The summed E-state index contributed by atoms with van der Waals surface area (Å²) in [5.41, 5.74) is 1.82. The highest BCUT2D eigenvalue weighted by atomic mass is 16.5. The van der Waals surface area contributed by atoms with Crippen molar-refractivity contribution in [2.75, 3.05) is 49.7 Å². The molecule has 1 saturated heterocycles. The number of benzene rings is 1. The van der Waals surface area contributed by atoms with E-state index in [4.69, 9.17) is 14.4 Å². The molecular formula is C14H18N4O3. The van der Waals surface area contributed by atoms with Gasteiger partial charge in [-0.15, -0.1) is 0 Å². The van der Waals surface area contributed by atoms with Crippen LogP contribution in [0.1, 0.15) is 0 Å². The van der Waals surface area contributed by atoms with Gasteiger partial charge in [-0.3, -0.25) is 0 Å². The van der Waals surface area contributed by atoms with Crippen LogP contribution in [0.5, 0.6) is 0 Å². The van der Waals surface area contributed by atoms with Gasteiger partial charge in [0.2, 0.25) is 0 Å². The lowest BCUT2D eigenvalue weighted by Crippen LogP contribution is -2.36.